The lowest BCUT2D eigenvalue weighted by Gasteiger charge is -1.98. The van der Waals surface area contributed by atoms with E-state index < -0.39 is 0 Å². The fourth-order valence-corrected chi connectivity index (χ4v) is 1.01. The van der Waals surface area contributed by atoms with Crippen molar-refractivity contribution in [2.75, 3.05) is 0 Å². The summed E-state index contributed by atoms with van der Waals surface area (Å²) < 4.78 is 1.57. The van der Waals surface area contributed by atoms with E-state index in [0.29, 0.717) is 5.69 Å². The number of nitrogens with two attached hydrogens (primary N) is 1. The Hall–Kier alpha value is -1.23. The summed E-state index contributed by atoms with van der Waals surface area (Å²) in [6.07, 6.45) is 1.48. The van der Waals surface area contributed by atoms with Crippen molar-refractivity contribution in [3.8, 4) is 0 Å². The second kappa shape index (κ2) is 2.79. The average molecular weight is 175 g/mol. The van der Waals surface area contributed by atoms with Crippen molar-refractivity contribution in [3.63, 3.8) is 0 Å². The van der Waals surface area contributed by atoms with Gasteiger partial charge in [0.2, 0.25) is 0 Å². The van der Waals surface area contributed by atoms with Gasteiger partial charge in [-0.2, -0.15) is 0 Å². The number of halogens is 1. The molecule has 3 N–H and O–H groups in total. The Kier molecular flexibility index (Phi) is 2.00. The first-order chi connectivity index (χ1) is 5.16. The van der Waals surface area contributed by atoms with Gasteiger partial charge in [-0.25, -0.2) is 4.98 Å². The van der Waals surface area contributed by atoms with E-state index in [1.54, 1.807) is 11.6 Å². The molecule has 1 heterocycles. The quantitative estimate of drug-likeness (QED) is 0.276. The van der Waals surface area contributed by atoms with Crippen LogP contribution >= 0.6 is 11.6 Å². The molecule has 6 heteroatoms. The minimum Gasteiger partial charge on any atom is -0.409 e. The van der Waals surface area contributed by atoms with E-state index >= 15 is 0 Å². The molecule has 0 amide bonds. The SMILES string of the molecule is Cn1cnc(Cl)c1C(N)=NO. The van der Waals surface area contributed by atoms with E-state index in [-0.39, 0.29) is 11.0 Å². The van der Waals surface area contributed by atoms with E-state index in [1.807, 2.05) is 0 Å². The Morgan fingerprint density at radius 1 is 1.91 bits per heavy atom. The number of aryl methyl sites for hydroxylation is 1. The molecule has 11 heavy (non-hydrogen) atoms. The fraction of sp³-hybridized carbons (Fsp3) is 0.200. The molecule has 0 aliphatic heterocycles. The number of amidine groups is 1. The molecule has 1 rings (SSSR count). The maximum Gasteiger partial charge on any atom is 0.190 e. The summed E-state index contributed by atoms with van der Waals surface area (Å²) >= 11 is 5.61. The van der Waals surface area contributed by atoms with Gasteiger partial charge in [-0.15, -0.1) is 0 Å². The van der Waals surface area contributed by atoms with Gasteiger partial charge in [-0.1, -0.05) is 16.8 Å². The molecule has 0 saturated carbocycles. The Balaban J connectivity index is 3.21. The summed E-state index contributed by atoms with van der Waals surface area (Å²) in [5.74, 6) is -0.0463. The first kappa shape index (κ1) is 7.87. The lowest BCUT2D eigenvalue weighted by molar-refractivity contribution is 0.318. The van der Waals surface area contributed by atoms with Crippen molar-refractivity contribution in [1.82, 2.24) is 9.55 Å². The van der Waals surface area contributed by atoms with Gasteiger partial charge in [0.25, 0.3) is 0 Å². The molecule has 5 nitrogen and oxygen atoms in total. The van der Waals surface area contributed by atoms with Crippen LogP contribution in [0.3, 0.4) is 0 Å². The molecule has 0 radical (unpaired) electrons. The van der Waals surface area contributed by atoms with Crippen LogP contribution in [-0.4, -0.2) is 20.6 Å². The molecule has 60 valence electrons. The molecule has 0 bridgehead atoms. The average Bonchev–Trinajstić information content (AvgIpc) is 2.30. The predicted octanol–water partition coefficient (Wildman–Crippen LogP) is 0.168. The Labute approximate surface area is 68.1 Å². The third-order valence-corrected chi connectivity index (χ3v) is 1.52. The van der Waals surface area contributed by atoms with Crippen molar-refractivity contribution < 1.29 is 5.21 Å². The number of oxime groups is 1. The first-order valence-electron chi connectivity index (χ1n) is 2.81. The molecule has 0 aromatic carbocycles. The van der Waals surface area contributed by atoms with Crippen LogP contribution in [0.15, 0.2) is 11.5 Å². The van der Waals surface area contributed by atoms with Crippen molar-refractivity contribution >= 4 is 17.4 Å². The van der Waals surface area contributed by atoms with Crippen LogP contribution < -0.4 is 5.73 Å². The van der Waals surface area contributed by atoms with Crippen molar-refractivity contribution in [3.05, 3.63) is 17.2 Å². The molecule has 0 aliphatic rings. The lowest BCUT2D eigenvalue weighted by atomic mass is 10.4. The summed E-state index contributed by atoms with van der Waals surface area (Å²) in [6.45, 7) is 0. The number of nitrogens with zero attached hydrogens (tertiary/aromatic N) is 3. The van der Waals surface area contributed by atoms with Gasteiger partial charge in [-0.3, -0.25) is 0 Å². The van der Waals surface area contributed by atoms with Gasteiger partial charge in [0.1, 0.15) is 5.69 Å². The molecule has 1 aromatic rings. The van der Waals surface area contributed by atoms with Crippen LogP contribution in [0.5, 0.6) is 0 Å². The number of hydrogen-bond donors (Lipinski definition) is 2. The van der Waals surface area contributed by atoms with E-state index in [2.05, 4.69) is 10.1 Å². The standard InChI is InChI=1S/C5H7ClN4O/c1-10-2-8-4(6)3(10)5(7)9-11/h2,11H,1H3,(H2,7,9). The van der Waals surface area contributed by atoms with Crippen LogP contribution in [0.25, 0.3) is 0 Å². The summed E-state index contributed by atoms with van der Waals surface area (Å²) in [5.41, 5.74) is 5.71. The predicted molar refractivity (Wildman–Crippen MR) is 40.7 cm³/mol. The van der Waals surface area contributed by atoms with Gasteiger partial charge in [-0.05, 0) is 0 Å². The third kappa shape index (κ3) is 1.27. The maximum atomic E-state index is 8.32. The Bertz CT molecular complexity index is 273. The topological polar surface area (TPSA) is 76.4 Å². The van der Waals surface area contributed by atoms with Gasteiger partial charge in [0, 0.05) is 7.05 Å². The summed E-state index contributed by atoms with van der Waals surface area (Å²) in [7, 11) is 1.70. The highest BCUT2D eigenvalue weighted by Gasteiger charge is 2.10. The van der Waals surface area contributed by atoms with Gasteiger partial charge in [0.05, 0.1) is 6.33 Å². The van der Waals surface area contributed by atoms with Gasteiger partial charge < -0.3 is 15.5 Å². The first-order valence-corrected chi connectivity index (χ1v) is 3.19. The Morgan fingerprint density at radius 2 is 2.55 bits per heavy atom. The van der Waals surface area contributed by atoms with E-state index in [0.717, 1.165) is 0 Å². The summed E-state index contributed by atoms with van der Waals surface area (Å²) in [5, 5.41) is 11.3. The number of rotatable bonds is 1. The fourth-order valence-electron chi connectivity index (χ4n) is 0.735. The highest BCUT2D eigenvalue weighted by Crippen LogP contribution is 2.11. The zero-order valence-corrected chi connectivity index (χ0v) is 6.58. The molecule has 1 aromatic heterocycles. The minimum absolute atomic E-state index is 0.0463. The zero-order chi connectivity index (χ0) is 8.43. The van der Waals surface area contributed by atoms with Crippen LogP contribution in [0.1, 0.15) is 5.69 Å². The highest BCUT2D eigenvalue weighted by molar-refractivity contribution is 6.32. The number of hydrogen-bond acceptors (Lipinski definition) is 3. The largest absolute Gasteiger partial charge is 0.409 e. The number of imidazole rings is 1. The summed E-state index contributed by atoms with van der Waals surface area (Å²) in [4.78, 5) is 3.74. The maximum absolute atomic E-state index is 8.32. The molecule has 0 spiro atoms. The van der Waals surface area contributed by atoms with Crippen LogP contribution in [-0.2, 0) is 7.05 Å². The van der Waals surface area contributed by atoms with Crippen molar-refractivity contribution in [2.24, 2.45) is 17.9 Å². The molecule has 0 unspecified atom stereocenters. The smallest absolute Gasteiger partial charge is 0.190 e. The minimum atomic E-state index is -0.0463. The van der Waals surface area contributed by atoms with Crippen LogP contribution in [0.2, 0.25) is 5.15 Å². The number of aromatic nitrogens is 2. The molecular formula is C5H7ClN4O. The molecular weight excluding hydrogens is 168 g/mol. The van der Waals surface area contributed by atoms with Gasteiger partial charge >= 0.3 is 0 Å². The molecule has 0 atom stereocenters. The van der Waals surface area contributed by atoms with E-state index in [4.69, 9.17) is 22.5 Å². The second-order valence-corrected chi connectivity index (χ2v) is 2.34. The van der Waals surface area contributed by atoms with Crippen molar-refractivity contribution in [1.29, 1.82) is 0 Å². The molecule has 0 aliphatic carbocycles. The van der Waals surface area contributed by atoms with Crippen LogP contribution in [0, 0.1) is 0 Å². The van der Waals surface area contributed by atoms with Crippen LogP contribution in [0.4, 0.5) is 0 Å². The lowest BCUT2D eigenvalue weighted by Crippen LogP contribution is -2.17. The molecule has 0 saturated heterocycles. The monoisotopic (exact) mass is 174 g/mol. The third-order valence-electron chi connectivity index (χ3n) is 1.24. The Morgan fingerprint density at radius 3 is 2.91 bits per heavy atom. The highest BCUT2D eigenvalue weighted by atomic mass is 35.5. The van der Waals surface area contributed by atoms with E-state index in [1.165, 1.54) is 6.33 Å². The normalized spacial score (nSPS) is 12.0. The molecule has 0 fully saturated rings. The second-order valence-electron chi connectivity index (χ2n) is 1.98. The summed E-state index contributed by atoms with van der Waals surface area (Å²) in [6, 6.07) is 0. The zero-order valence-electron chi connectivity index (χ0n) is 5.82. The van der Waals surface area contributed by atoms with Gasteiger partial charge in [0.15, 0.2) is 11.0 Å². The van der Waals surface area contributed by atoms with Crippen molar-refractivity contribution in [2.45, 2.75) is 0 Å². The van der Waals surface area contributed by atoms with E-state index in [9.17, 15) is 0 Å².